The second-order valence-electron chi connectivity index (χ2n) is 13.0. The maximum absolute atomic E-state index is 15.0. The third-order valence-electron chi connectivity index (χ3n) is 10.2. The Kier molecular flexibility index (Phi) is 9.94. The molecule has 2 aromatic rings. The number of aliphatic hydroxyl groups excluding tert-OH is 1. The molecule has 240 valence electrons. The zero-order chi connectivity index (χ0) is 32.5. The van der Waals surface area contributed by atoms with E-state index in [-0.39, 0.29) is 42.0 Å². The summed E-state index contributed by atoms with van der Waals surface area (Å²) in [5.74, 6) is -1.65. The Morgan fingerprint density at radius 2 is 1.82 bits per heavy atom. The van der Waals surface area contributed by atoms with Gasteiger partial charge in [-0.05, 0) is 55.4 Å². The van der Waals surface area contributed by atoms with Crippen LogP contribution in [-0.4, -0.2) is 74.4 Å². The number of hydrogen-bond acceptors (Lipinski definition) is 5. The van der Waals surface area contributed by atoms with Crippen LogP contribution in [0.4, 0.5) is 5.69 Å². The fourth-order valence-corrected chi connectivity index (χ4v) is 10.0. The minimum Gasteiger partial charge on any atom is -0.394 e. The maximum Gasteiger partial charge on any atom is 0.251 e. The predicted octanol–water partition coefficient (Wildman–Crippen LogP) is 5.54. The molecule has 1 spiro atoms. The highest BCUT2D eigenvalue weighted by molar-refractivity contribution is 8.02. The fourth-order valence-electron chi connectivity index (χ4n) is 7.82. The van der Waals surface area contributed by atoms with Gasteiger partial charge in [0.2, 0.25) is 11.8 Å². The van der Waals surface area contributed by atoms with E-state index < -0.39 is 28.7 Å². The van der Waals surface area contributed by atoms with Gasteiger partial charge in [0.05, 0.1) is 29.2 Å². The number of amides is 3. The highest BCUT2D eigenvalue weighted by Crippen LogP contribution is 2.67. The molecule has 3 saturated heterocycles. The minimum absolute atomic E-state index is 0.0373. The number of likely N-dealkylation sites (tertiary alicyclic amines) is 1. The Labute approximate surface area is 272 Å². The van der Waals surface area contributed by atoms with E-state index in [9.17, 15) is 14.7 Å². The number of thioether (sulfide) groups is 1. The van der Waals surface area contributed by atoms with Crippen molar-refractivity contribution in [2.75, 3.05) is 24.6 Å². The number of aryl methyl sites for hydroxylation is 2. The van der Waals surface area contributed by atoms with Crippen LogP contribution in [-0.2, 0) is 20.9 Å². The van der Waals surface area contributed by atoms with E-state index in [1.807, 2.05) is 76.2 Å². The summed E-state index contributed by atoms with van der Waals surface area (Å²) in [5.41, 5.74) is 3.79. The number of carbonyl (C=O) groups excluding carboxylic acids is 3. The number of anilines is 1. The summed E-state index contributed by atoms with van der Waals surface area (Å²) in [6.07, 6.45) is 5.62. The van der Waals surface area contributed by atoms with E-state index in [0.29, 0.717) is 19.5 Å². The standard InChI is InChI=1S/C37H47N3O4S/c1-7-19-38(22-27-13-11-10-12-14-27)34(42)31-30-17-18-37(45-30)32(31)35(43)40(29(23-41)25(5)9-3)33(37)36(44)39(20-8-2)28-21-24(4)15-16-26(28)6/h7-8,10-16,21,25,29-33,41H,1-2,9,17-20,22-23H2,3-6H3/t25-,29-,30+,31-,32-,33?,37?/m0/s1. The number of carbonyl (C=O) groups is 3. The van der Waals surface area contributed by atoms with Crippen LogP contribution < -0.4 is 4.90 Å². The second kappa shape index (κ2) is 13.6. The Balaban J connectivity index is 1.60. The van der Waals surface area contributed by atoms with Crippen LogP contribution in [0.5, 0.6) is 0 Å². The molecule has 3 heterocycles. The molecule has 2 aromatic carbocycles. The normalized spacial score (nSPS) is 26.3. The van der Waals surface area contributed by atoms with Crippen LogP contribution in [0.1, 0.15) is 49.8 Å². The average molecular weight is 630 g/mol. The molecule has 3 aliphatic rings. The van der Waals surface area contributed by atoms with Crippen molar-refractivity contribution in [1.29, 1.82) is 0 Å². The lowest BCUT2D eigenvalue weighted by atomic mass is 9.70. The van der Waals surface area contributed by atoms with Crippen molar-refractivity contribution in [3.63, 3.8) is 0 Å². The molecule has 7 atom stereocenters. The summed E-state index contributed by atoms with van der Waals surface area (Å²) in [4.78, 5) is 49.6. The van der Waals surface area contributed by atoms with Crippen LogP contribution in [0.3, 0.4) is 0 Å². The molecule has 0 saturated carbocycles. The quantitative estimate of drug-likeness (QED) is 0.295. The minimum atomic E-state index is -0.809. The third-order valence-corrected chi connectivity index (χ3v) is 12.2. The molecule has 8 heteroatoms. The molecule has 5 rings (SSSR count). The van der Waals surface area contributed by atoms with E-state index in [0.717, 1.165) is 35.2 Å². The van der Waals surface area contributed by atoms with Gasteiger partial charge < -0.3 is 19.8 Å². The maximum atomic E-state index is 15.0. The van der Waals surface area contributed by atoms with Crippen LogP contribution in [0.15, 0.2) is 73.8 Å². The monoisotopic (exact) mass is 629 g/mol. The van der Waals surface area contributed by atoms with Crippen molar-refractivity contribution >= 4 is 35.2 Å². The zero-order valence-electron chi connectivity index (χ0n) is 27.0. The Morgan fingerprint density at radius 3 is 2.47 bits per heavy atom. The van der Waals surface area contributed by atoms with Crippen molar-refractivity contribution in [1.82, 2.24) is 9.80 Å². The molecule has 3 amide bonds. The fraction of sp³-hybridized carbons (Fsp3) is 0.486. The van der Waals surface area contributed by atoms with Crippen molar-refractivity contribution in [2.45, 2.75) is 75.6 Å². The lowest BCUT2D eigenvalue weighted by Gasteiger charge is -2.41. The SMILES string of the molecule is C=CCN(Cc1ccccc1)C(=O)[C@@H]1[C@H]2C(=O)N([C@@H](CO)[C@@H](C)CC)C(C(=O)N(CC=C)c3cc(C)ccc3C)C23CC[C@H]1S3. The molecule has 45 heavy (non-hydrogen) atoms. The number of aliphatic hydroxyl groups is 1. The first-order chi connectivity index (χ1) is 21.6. The highest BCUT2D eigenvalue weighted by atomic mass is 32.2. The Hall–Kier alpha value is -3.36. The van der Waals surface area contributed by atoms with E-state index in [1.54, 1.807) is 38.6 Å². The van der Waals surface area contributed by atoms with Crippen molar-refractivity contribution in [3.05, 3.63) is 90.5 Å². The molecular formula is C37H47N3O4S. The van der Waals surface area contributed by atoms with Gasteiger partial charge in [-0.2, -0.15) is 0 Å². The molecule has 3 aliphatic heterocycles. The van der Waals surface area contributed by atoms with Crippen LogP contribution in [0, 0.1) is 31.6 Å². The molecule has 2 unspecified atom stereocenters. The number of hydrogen-bond donors (Lipinski definition) is 1. The first-order valence-corrected chi connectivity index (χ1v) is 17.0. The summed E-state index contributed by atoms with van der Waals surface area (Å²) in [6.45, 7) is 16.7. The van der Waals surface area contributed by atoms with E-state index in [4.69, 9.17) is 0 Å². The molecule has 7 nitrogen and oxygen atoms in total. The van der Waals surface area contributed by atoms with Gasteiger partial charge in [-0.3, -0.25) is 14.4 Å². The summed E-state index contributed by atoms with van der Waals surface area (Å²) >= 11 is 1.67. The lowest BCUT2D eigenvalue weighted by molar-refractivity contribution is -0.146. The highest BCUT2D eigenvalue weighted by Gasteiger charge is 2.74. The second-order valence-corrected chi connectivity index (χ2v) is 14.6. The van der Waals surface area contributed by atoms with Gasteiger partial charge in [-0.1, -0.05) is 74.9 Å². The van der Waals surface area contributed by atoms with Gasteiger partial charge in [0.25, 0.3) is 5.91 Å². The molecule has 0 aliphatic carbocycles. The van der Waals surface area contributed by atoms with Gasteiger partial charge in [-0.15, -0.1) is 24.9 Å². The summed E-state index contributed by atoms with van der Waals surface area (Å²) < 4.78 is -0.760. The third kappa shape index (κ3) is 5.76. The van der Waals surface area contributed by atoms with E-state index in [2.05, 4.69) is 13.2 Å². The van der Waals surface area contributed by atoms with Gasteiger partial charge >= 0.3 is 0 Å². The van der Waals surface area contributed by atoms with Gasteiger partial charge in [0.15, 0.2) is 0 Å². The number of rotatable bonds is 13. The van der Waals surface area contributed by atoms with Gasteiger partial charge in [0.1, 0.15) is 6.04 Å². The van der Waals surface area contributed by atoms with E-state index in [1.165, 1.54) is 0 Å². The smallest absolute Gasteiger partial charge is 0.251 e. The first kappa shape index (κ1) is 33.0. The van der Waals surface area contributed by atoms with Crippen molar-refractivity contribution in [2.24, 2.45) is 17.8 Å². The number of benzene rings is 2. The Morgan fingerprint density at radius 1 is 1.11 bits per heavy atom. The predicted molar refractivity (Wildman–Crippen MR) is 182 cm³/mol. The van der Waals surface area contributed by atoms with Gasteiger partial charge in [-0.25, -0.2) is 0 Å². The summed E-state index contributed by atoms with van der Waals surface area (Å²) in [5, 5.41) is 10.7. The molecule has 3 fully saturated rings. The van der Waals surface area contributed by atoms with Crippen LogP contribution >= 0.6 is 11.8 Å². The molecule has 0 radical (unpaired) electrons. The summed E-state index contributed by atoms with van der Waals surface area (Å²) in [7, 11) is 0. The molecule has 2 bridgehead atoms. The van der Waals surface area contributed by atoms with Crippen molar-refractivity contribution in [3.8, 4) is 0 Å². The van der Waals surface area contributed by atoms with E-state index >= 15 is 4.79 Å². The first-order valence-electron chi connectivity index (χ1n) is 16.2. The lowest BCUT2D eigenvalue weighted by Crippen LogP contribution is -2.59. The number of nitrogens with zero attached hydrogens (tertiary/aromatic N) is 3. The number of fused-ring (bicyclic) bond motifs is 1. The van der Waals surface area contributed by atoms with Crippen LogP contribution in [0.25, 0.3) is 0 Å². The molecular weight excluding hydrogens is 582 g/mol. The summed E-state index contributed by atoms with van der Waals surface area (Å²) in [6, 6.07) is 14.5. The zero-order valence-corrected chi connectivity index (χ0v) is 27.8. The average Bonchev–Trinajstić information content (AvgIpc) is 3.68. The topological polar surface area (TPSA) is 81.2 Å². The van der Waals surface area contributed by atoms with Gasteiger partial charge in [0, 0.05) is 30.6 Å². The molecule has 0 aromatic heterocycles. The Bertz CT molecular complexity index is 1450. The largest absolute Gasteiger partial charge is 0.394 e. The van der Waals surface area contributed by atoms with Crippen molar-refractivity contribution < 1.29 is 19.5 Å². The molecule has 1 N–H and O–H groups in total. The van der Waals surface area contributed by atoms with Crippen LogP contribution in [0.2, 0.25) is 0 Å².